The number of benzene rings is 1. The van der Waals surface area contributed by atoms with Gasteiger partial charge in [-0.2, -0.15) is 5.54 Å². The molecule has 33 heavy (non-hydrogen) atoms. The van der Waals surface area contributed by atoms with Crippen molar-refractivity contribution in [1.29, 1.82) is 0 Å². The summed E-state index contributed by atoms with van der Waals surface area (Å²) in [4.78, 5) is 37.5. The second-order valence-electron chi connectivity index (χ2n) is 7.12. The number of aliphatic hydroxyl groups is 4. The van der Waals surface area contributed by atoms with Crippen LogP contribution in [0.2, 0.25) is 0 Å². The normalized spacial score (nSPS) is 27.0. The molecule has 2 aromatic rings. The number of carbonyl (C=O) groups excluding carboxylic acids is 1. The van der Waals surface area contributed by atoms with E-state index in [1.165, 1.54) is 31.4 Å². The van der Waals surface area contributed by atoms with Crippen LogP contribution in [0.3, 0.4) is 0 Å². The standard InChI is InChI=1S/C18H21FN4O10/c1-32-10-4-2-9(3-5-10)6-23(31)17(29)13(25)12(8-24)33-18(17,30)22-7-11(15(27)21-19)14(26)20-16(22)28/h2-5,7,12-13,24-25,29-31H,6,8H2,1H3,(H,21,27)(H,20,26,28)/t12-,13-,17-,18+/m1/s1. The van der Waals surface area contributed by atoms with Crippen molar-refractivity contribution in [3.8, 4) is 5.75 Å². The molecular weight excluding hydrogens is 451 g/mol. The first-order valence-corrected chi connectivity index (χ1v) is 9.31. The average Bonchev–Trinajstić information content (AvgIpc) is 3.01. The lowest BCUT2D eigenvalue weighted by molar-refractivity contribution is -0.413. The molecule has 1 amide bonds. The van der Waals surface area contributed by atoms with Crippen LogP contribution in [0.25, 0.3) is 0 Å². The number of halogens is 1. The van der Waals surface area contributed by atoms with Crippen LogP contribution < -0.4 is 21.5 Å². The SMILES string of the molecule is COc1ccc(CN(O)[C@@]2(O)[C@H](O)[C@@H](CO)O[C@]2(O)n2cc(C(=O)NF)c(=O)[nH]c2=O)cc1. The van der Waals surface area contributed by atoms with Gasteiger partial charge in [0, 0.05) is 6.20 Å². The van der Waals surface area contributed by atoms with Crippen molar-refractivity contribution >= 4 is 5.91 Å². The number of aromatic nitrogens is 2. The number of H-pyrrole nitrogens is 1. The third-order valence-electron chi connectivity index (χ3n) is 5.22. The first-order valence-electron chi connectivity index (χ1n) is 9.31. The zero-order valence-electron chi connectivity index (χ0n) is 17.0. The molecule has 1 aromatic heterocycles. The number of nitrogens with one attached hydrogen (secondary N) is 2. The number of rotatable bonds is 7. The zero-order chi connectivity index (χ0) is 24.6. The number of aliphatic hydroxyl groups excluding tert-OH is 2. The Morgan fingerprint density at radius 1 is 1.33 bits per heavy atom. The molecule has 1 aliphatic rings. The van der Waals surface area contributed by atoms with Gasteiger partial charge in [-0.15, -0.1) is 5.06 Å². The lowest BCUT2D eigenvalue weighted by Crippen LogP contribution is -2.68. The summed E-state index contributed by atoms with van der Waals surface area (Å²) >= 11 is 0. The Morgan fingerprint density at radius 3 is 2.52 bits per heavy atom. The van der Waals surface area contributed by atoms with Gasteiger partial charge in [0.05, 0.1) is 20.3 Å². The molecule has 2 heterocycles. The second kappa shape index (κ2) is 8.99. The number of aromatic amines is 1. The molecule has 1 aromatic carbocycles. The topological polar surface area (TPSA) is 207 Å². The van der Waals surface area contributed by atoms with E-state index in [0.717, 1.165) is 0 Å². The minimum absolute atomic E-state index is 0.0432. The highest BCUT2D eigenvalue weighted by Crippen LogP contribution is 2.43. The molecule has 1 aliphatic heterocycles. The van der Waals surface area contributed by atoms with E-state index in [-0.39, 0.29) is 9.63 Å². The highest BCUT2D eigenvalue weighted by atomic mass is 19.2. The number of carbonyl (C=O) groups is 1. The fraction of sp³-hybridized carbons (Fsp3) is 0.389. The fourth-order valence-electron chi connectivity index (χ4n) is 3.44. The van der Waals surface area contributed by atoms with E-state index in [1.54, 1.807) is 4.98 Å². The molecule has 4 atom stereocenters. The Kier molecular flexibility index (Phi) is 6.66. The van der Waals surface area contributed by atoms with E-state index >= 15 is 0 Å². The molecule has 1 saturated heterocycles. The van der Waals surface area contributed by atoms with Gasteiger partial charge >= 0.3 is 11.6 Å². The number of hydrogen-bond donors (Lipinski definition) is 7. The van der Waals surface area contributed by atoms with Crippen molar-refractivity contribution < 1.29 is 44.4 Å². The van der Waals surface area contributed by atoms with Crippen LogP contribution in [0.5, 0.6) is 5.75 Å². The maximum absolute atomic E-state index is 12.6. The van der Waals surface area contributed by atoms with Crippen molar-refractivity contribution in [2.24, 2.45) is 0 Å². The summed E-state index contributed by atoms with van der Waals surface area (Å²) in [6, 6.07) is 6.00. The van der Waals surface area contributed by atoms with Crippen LogP contribution in [0.15, 0.2) is 40.1 Å². The molecule has 15 heteroatoms. The molecule has 0 bridgehead atoms. The number of methoxy groups -OCH3 is 1. The number of nitrogens with zero attached hydrogens (tertiary/aromatic N) is 2. The van der Waals surface area contributed by atoms with Crippen LogP contribution in [-0.4, -0.2) is 77.8 Å². The second-order valence-corrected chi connectivity index (χ2v) is 7.12. The molecule has 0 radical (unpaired) electrons. The summed E-state index contributed by atoms with van der Waals surface area (Å²) in [5.74, 6) is -4.51. The Balaban J connectivity index is 2.12. The van der Waals surface area contributed by atoms with Gasteiger partial charge in [-0.25, -0.2) is 9.36 Å². The third kappa shape index (κ3) is 3.91. The Bertz CT molecular complexity index is 1140. The lowest BCUT2D eigenvalue weighted by Gasteiger charge is -2.42. The summed E-state index contributed by atoms with van der Waals surface area (Å²) in [6.45, 7) is -1.55. The molecule has 180 valence electrons. The van der Waals surface area contributed by atoms with E-state index < -0.39 is 59.7 Å². The van der Waals surface area contributed by atoms with Gasteiger partial charge in [-0.05, 0) is 17.7 Å². The van der Waals surface area contributed by atoms with Gasteiger partial charge in [-0.3, -0.25) is 14.6 Å². The zero-order valence-corrected chi connectivity index (χ0v) is 17.0. The molecule has 14 nitrogen and oxygen atoms in total. The van der Waals surface area contributed by atoms with Crippen molar-refractivity contribution in [2.75, 3.05) is 13.7 Å². The number of hydroxylamine groups is 2. The van der Waals surface area contributed by atoms with Crippen LogP contribution in [0, 0.1) is 0 Å². The van der Waals surface area contributed by atoms with Crippen molar-refractivity contribution in [3.63, 3.8) is 0 Å². The molecule has 7 N–H and O–H groups in total. The Labute approximate surface area is 183 Å². The smallest absolute Gasteiger partial charge is 0.332 e. The lowest BCUT2D eigenvalue weighted by atomic mass is 10.00. The summed E-state index contributed by atoms with van der Waals surface area (Å²) in [5, 5.41) is 53.2. The maximum Gasteiger partial charge on any atom is 0.332 e. The van der Waals surface area contributed by atoms with Gasteiger partial charge in [0.25, 0.3) is 11.5 Å². The van der Waals surface area contributed by atoms with E-state index in [4.69, 9.17) is 9.47 Å². The fourth-order valence-corrected chi connectivity index (χ4v) is 3.44. The van der Waals surface area contributed by atoms with Crippen molar-refractivity contribution in [3.05, 3.63) is 62.4 Å². The summed E-state index contributed by atoms with van der Waals surface area (Å²) in [6.07, 6.45) is -3.62. The first kappa shape index (κ1) is 24.5. The van der Waals surface area contributed by atoms with Crippen molar-refractivity contribution in [1.82, 2.24) is 20.2 Å². The van der Waals surface area contributed by atoms with Gasteiger partial charge in [-0.1, -0.05) is 16.6 Å². The largest absolute Gasteiger partial charge is 0.497 e. The number of ether oxygens (including phenoxy) is 2. The maximum atomic E-state index is 12.6. The quantitative estimate of drug-likeness (QED) is 0.123. The van der Waals surface area contributed by atoms with E-state index in [0.29, 0.717) is 23.0 Å². The summed E-state index contributed by atoms with van der Waals surface area (Å²) < 4.78 is 22.8. The van der Waals surface area contributed by atoms with Gasteiger partial charge in [0.1, 0.15) is 23.5 Å². The first-order chi connectivity index (χ1) is 15.5. The minimum Gasteiger partial charge on any atom is -0.497 e. The summed E-state index contributed by atoms with van der Waals surface area (Å²) in [5.41, 5.74) is -6.06. The van der Waals surface area contributed by atoms with Crippen LogP contribution >= 0.6 is 0 Å². The van der Waals surface area contributed by atoms with Crippen LogP contribution in [-0.2, 0) is 17.2 Å². The van der Waals surface area contributed by atoms with E-state index in [9.17, 15) is 44.5 Å². The van der Waals surface area contributed by atoms with Crippen LogP contribution in [0.4, 0.5) is 4.48 Å². The molecule has 3 rings (SSSR count). The number of amides is 1. The average molecular weight is 472 g/mol. The monoisotopic (exact) mass is 472 g/mol. The third-order valence-corrected chi connectivity index (χ3v) is 5.22. The molecular formula is C18H21FN4O10. The van der Waals surface area contributed by atoms with Crippen LogP contribution in [0.1, 0.15) is 15.9 Å². The predicted molar refractivity (Wildman–Crippen MR) is 103 cm³/mol. The molecule has 1 fully saturated rings. The van der Waals surface area contributed by atoms with E-state index in [1.807, 2.05) is 0 Å². The Hall–Kier alpha value is -3.18. The van der Waals surface area contributed by atoms with Gasteiger partial charge in [0.15, 0.2) is 0 Å². The summed E-state index contributed by atoms with van der Waals surface area (Å²) in [7, 11) is 1.43. The highest BCUT2D eigenvalue weighted by molar-refractivity contribution is 5.92. The van der Waals surface area contributed by atoms with Crippen molar-refractivity contribution in [2.45, 2.75) is 30.4 Å². The Morgan fingerprint density at radius 2 is 1.97 bits per heavy atom. The van der Waals surface area contributed by atoms with Gasteiger partial charge in [0.2, 0.25) is 5.72 Å². The highest BCUT2D eigenvalue weighted by Gasteiger charge is 2.70. The molecule has 0 saturated carbocycles. The minimum atomic E-state index is -3.38. The molecule has 0 unspecified atom stereocenters. The number of hydrogen-bond acceptors (Lipinski definition) is 11. The molecule has 0 spiro atoms. The molecule has 0 aliphatic carbocycles. The van der Waals surface area contributed by atoms with E-state index in [2.05, 4.69) is 0 Å². The van der Waals surface area contributed by atoms with Gasteiger partial charge < -0.3 is 35.1 Å². The predicted octanol–water partition coefficient (Wildman–Crippen LogP) is -2.91.